The monoisotopic (exact) mass is 251 g/mol. The van der Waals surface area contributed by atoms with Crippen molar-refractivity contribution in [1.29, 1.82) is 0 Å². The van der Waals surface area contributed by atoms with Crippen LogP contribution in [0, 0.1) is 6.92 Å². The zero-order valence-electron chi connectivity index (χ0n) is 9.33. The van der Waals surface area contributed by atoms with Crippen molar-refractivity contribution in [3.05, 3.63) is 56.7 Å². The first-order chi connectivity index (χ1) is 7.72. The van der Waals surface area contributed by atoms with Gasteiger partial charge in [0.1, 0.15) is 0 Å². The summed E-state index contributed by atoms with van der Waals surface area (Å²) in [6.07, 6.45) is 0. The summed E-state index contributed by atoms with van der Waals surface area (Å²) in [5.41, 5.74) is 2.41. The highest BCUT2D eigenvalue weighted by Gasteiger charge is 2.15. The number of hydrogen-bond acceptors (Lipinski definition) is 2. The number of nitrogens with one attached hydrogen (secondary N) is 1. The van der Waals surface area contributed by atoms with Crippen LogP contribution in [0.4, 0.5) is 0 Å². The van der Waals surface area contributed by atoms with Gasteiger partial charge in [-0.25, -0.2) is 0 Å². The lowest BCUT2D eigenvalue weighted by Gasteiger charge is -2.16. The summed E-state index contributed by atoms with van der Waals surface area (Å²) in [6.45, 7) is 2.12. The predicted octanol–water partition coefficient (Wildman–Crippen LogP) is 4.02. The van der Waals surface area contributed by atoms with Crippen molar-refractivity contribution in [1.82, 2.24) is 5.32 Å². The summed E-state index contributed by atoms with van der Waals surface area (Å²) in [7, 11) is 1.96. The van der Waals surface area contributed by atoms with Gasteiger partial charge in [0.25, 0.3) is 0 Å². The van der Waals surface area contributed by atoms with E-state index in [1.54, 1.807) is 11.3 Å². The molecular formula is C13H14ClNS. The zero-order valence-corrected chi connectivity index (χ0v) is 10.9. The Morgan fingerprint density at radius 1 is 1.31 bits per heavy atom. The Kier molecular flexibility index (Phi) is 3.64. The van der Waals surface area contributed by atoms with Gasteiger partial charge in [0.05, 0.1) is 6.04 Å². The van der Waals surface area contributed by atoms with E-state index in [9.17, 15) is 0 Å². The highest BCUT2D eigenvalue weighted by molar-refractivity contribution is 7.10. The second-order valence-electron chi connectivity index (χ2n) is 3.73. The SMILES string of the molecule is CNC(c1csc(C)c1)c1ccccc1Cl. The molecule has 2 aromatic rings. The molecule has 0 bridgehead atoms. The first kappa shape index (κ1) is 11.6. The molecule has 0 aliphatic heterocycles. The standard InChI is InChI=1S/C13H14ClNS/c1-9-7-10(8-16-9)13(15-2)11-5-3-4-6-12(11)14/h3-8,13,15H,1-2H3. The molecule has 1 heterocycles. The van der Waals surface area contributed by atoms with Gasteiger partial charge in [0, 0.05) is 9.90 Å². The second kappa shape index (κ2) is 5.00. The molecule has 0 saturated carbocycles. The van der Waals surface area contributed by atoms with Crippen LogP contribution < -0.4 is 5.32 Å². The first-order valence-corrected chi connectivity index (χ1v) is 6.45. The average Bonchev–Trinajstić information content (AvgIpc) is 2.69. The highest BCUT2D eigenvalue weighted by atomic mass is 35.5. The van der Waals surface area contributed by atoms with Gasteiger partial charge in [-0.1, -0.05) is 29.8 Å². The van der Waals surface area contributed by atoms with Crippen molar-refractivity contribution in [3.8, 4) is 0 Å². The number of halogens is 1. The third-order valence-electron chi connectivity index (χ3n) is 2.59. The number of aryl methyl sites for hydroxylation is 1. The summed E-state index contributed by atoms with van der Waals surface area (Å²) in [6, 6.07) is 10.4. The third-order valence-corrected chi connectivity index (χ3v) is 3.81. The molecule has 1 unspecified atom stereocenters. The van der Waals surface area contributed by atoms with Crippen molar-refractivity contribution in [2.75, 3.05) is 7.05 Å². The molecule has 3 heteroatoms. The number of thiophene rings is 1. The molecule has 0 radical (unpaired) electrons. The molecule has 16 heavy (non-hydrogen) atoms. The lowest BCUT2D eigenvalue weighted by atomic mass is 10.0. The molecule has 0 spiro atoms. The van der Waals surface area contributed by atoms with Crippen molar-refractivity contribution in [3.63, 3.8) is 0 Å². The molecule has 1 aromatic carbocycles. The van der Waals surface area contributed by atoms with Crippen molar-refractivity contribution >= 4 is 22.9 Å². The van der Waals surface area contributed by atoms with Gasteiger partial charge in [0.2, 0.25) is 0 Å². The summed E-state index contributed by atoms with van der Waals surface area (Å²) >= 11 is 7.98. The van der Waals surface area contributed by atoms with Crippen LogP contribution in [0.3, 0.4) is 0 Å². The van der Waals surface area contributed by atoms with Crippen molar-refractivity contribution < 1.29 is 0 Å². The summed E-state index contributed by atoms with van der Waals surface area (Å²) in [4.78, 5) is 1.32. The molecule has 0 saturated heterocycles. The second-order valence-corrected chi connectivity index (χ2v) is 5.26. The van der Waals surface area contributed by atoms with Gasteiger partial charge >= 0.3 is 0 Å². The molecule has 0 aliphatic rings. The minimum Gasteiger partial charge on any atom is -0.309 e. The Balaban J connectivity index is 2.40. The van der Waals surface area contributed by atoms with E-state index in [4.69, 9.17) is 11.6 Å². The Morgan fingerprint density at radius 3 is 2.62 bits per heavy atom. The molecular weight excluding hydrogens is 238 g/mol. The van der Waals surface area contributed by atoms with E-state index in [1.165, 1.54) is 10.4 Å². The molecule has 0 aliphatic carbocycles. The van der Waals surface area contributed by atoms with E-state index < -0.39 is 0 Å². The van der Waals surface area contributed by atoms with Gasteiger partial charge in [0.15, 0.2) is 0 Å². The number of rotatable bonds is 3. The third kappa shape index (κ3) is 2.29. The first-order valence-electron chi connectivity index (χ1n) is 5.19. The fraction of sp³-hybridized carbons (Fsp3) is 0.231. The van der Waals surface area contributed by atoms with Gasteiger partial charge in [-0.15, -0.1) is 11.3 Å². The summed E-state index contributed by atoms with van der Waals surface area (Å²) < 4.78 is 0. The minimum atomic E-state index is 0.179. The Bertz CT molecular complexity index is 478. The molecule has 1 atom stereocenters. The minimum absolute atomic E-state index is 0.179. The van der Waals surface area contributed by atoms with E-state index in [1.807, 2.05) is 25.2 Å². The maximum Gasteiger partial charge on any atom is 0.0597 e. The number of benzene rings is 1. The van der Waals surface area contributed by atoms with E-state index in [0.717, 1.165) is 10.6 Å². The van der Waals surface area contributed by atoms with Crippen LogP contribution in [0.25, 0.3) is 0 Å². The molecule has 2 rings (SSSR count). The van der Waals surface area contributed by atoms with Gasteiger partial charge in [-0.3, -0.25) is 0 Å². The highest BCUT2D eigenvalue weighted by Crippen LogP contribution is 2.30. The Morgan fingerprint density at radius 2 is 2.06 bits per heavy atom. The topological polar surface area (TPSA) is 12.0 Å². The quantitative estimate of drug-likeness (QED) is 0.869. The molecule has 1 aromatic heterocycles. The van der Waals surface area contributed by atoms with Crippen LogP contribution in [0.15, 0.2) is 35.7 Å². The molecule has 0 fully saturated rings. The predicted molar refractivity (Wildman–Crippen MR) is 71.4 cm³/mol. The Hall–Kier alpha value is -0.830. The fourth-order valence-electron chi connectivity index (χ4n) is 1.83. The van der Waals surface area contributed by atoms with Crippen LogP contribution in [-0.2, 0) is 0 Å². The van der Waals surface area contributed by atoms with E-state index >= 15 is 0 Å². The lowest BCUT2D eigenvalue weighted by molar-refractivity contribution is 0.694. The average molecular weight is 252 g/mol. The normalized spacial score (nSPS) is 12.7. The summed E-state index contributed by atoms with van der Waals surface area (Å²) in [5, 5.41) is 6.30. The van der Waals surface area contributed by atoms with E-state index in [-0.39, 0.29) is 6.04 Å². The van der Waals surface area contributed by atoms with Gasteiger partial charge in [-0.05, 0) is 42.6 Å². The molecule has 84 valence electrons. The molecule has 1 N–H and O–H groups in total. The fourth-order valence-corrected chi connectivity index (χ4v) is 2.80. The number of hydrogen-bond donors (Lipinski definition) is 1. The van der Waals surface area contributed by atoms with E-state index in [0.29, 0.717) is 0 Å². The molecule has 1 nitrogen and oxygen atoms in total. The molecule has 0 amide bonds. The van der Waals surface area contributed by atoms with Crippen molar-refractivity contribution in [2.45, 2.75) is 13.0 Å². The largest absolute Gasteiger partial charge is 0.309 e. The summed E-state index contributed by atoms with van der Waals surface area (Å²) in [5.74, 6) is 0. The van der Waals surface area contributed by atoms with Crippen LogP contribution in [0.2, 0.25) is 5.02 Å². The van der Waals surface area contributed by atoms with Crippen LogP contribution in [0.5, 0.6) is 0 Å². The lowest BCUT2D eigenvalue weighted by Crippen LogP contribution is -2.17. The van der Waals surface area contributed by atoms with Crippen LogP contribution >= 0.6 is 22.9 Å². The maximum atomic E-state index is 6.22. The van der Waals surface area contributed by atoms with Crippen molar-refractivity contribution in [2.24, 2.45) is 0 Å². The van der Waals surface area contributed by atoms with Crippen LogP contribution in [0.1, 0.15) is 22.0 Å². The maximum absolute atomic E-state index is 6.22. The van der Waals surface area contributed by atoms with Gasteiger partial charge in [-0.2, -0.15) is 0 Å². The van der Waals surface area contributed by atoms with Crippen LogP contribution in [-0.4, -0.2) is 7.05 Å². The van der Waals surface area contributed by atoms with Gasteiger partial charge < -0.3 is 5.32 Å². The zero-order chi connectivity index (χ0) is 11.5. The smallest absolute Gasteiger partial charge is 0.0597 e. The Labute approximate surface area is 105 Å². The van der Waals surface area contributed by atoms with E-state index in [2.05, 4.69) is 29.8 Å².